The van der Waals surface area contributed by atoms with Gasteiger partial charge in [-0.15, -0.1) is 0 Å². The molecule has 1 heteroatoms. The molecule has 0 unspecified atom stereocenters. The minimum Gasteiger partial charge on any atom is -0.396 e. The Balaban J connectivity index is 2.19. The van der Waals surface area contributed by atoms with Crippen molar-refractivity contribution in [2.75, 3.05) is 6.61 Å². The van der Waals surface area contributed by atoms with Gasteiger partial charge in [-0.1, -0.05) is 43.3 Å². The van der Waals surface area contributed by atoms with E-state index < -0.39 is 0 Å². The Kier molecular flexibility index (Phi) is 3.45. The molecule has 1 aromatic carbocycles. The van der Waals surface area contributed by atoms with E-state index in [1.165, 1.54) is 24.0 Å². The molecule has 0 heterocycles. The average Bonchev–Trinajstić information content (AvgIpc) is 3.05. The lowest BCUT2D eigenvalue weighted by molar-refractivity contribution is 0.289. The molecule has 0 radical (unpaired) electrons. The summed E-state index contributed by atoms with van der Waals surface area (Å²) >= 11 is 0. The van der Waals surface area contributed by atoms with Crippen LogP contribution in [-0.2, 0) is 0 Å². The van der Waals surface area contributed by atoms with Gasteiger partial charge in [0, 0.05) is 6.61 Å². The lowest BCUT2D eigenvalue weighted by atomic mass is 9.90. The summed E-state index contributed by atoms with van der Waals surface area (Å²) in [4.78, 5) is 0. The van der Waals surface area contributed by atoms with Crippen molar-refractivity contribution in [2.45, 2.75) is 32.6 Å². The van der Waals surface area contributed by atoms with Crippen LogP contribution in [-0.4, -0.2) is 11.7 Å². The maximum Gasteiger partial charge on any atom is 0.0433 e. The zero-order valence-corrected chi connectivity index (χ0v) is 9.95. The molecule has 0 atom stereocenters. The smallest absolute Gasteiger partial charge is 0.0433 e. The first kappa shape index (κ1) is 11.4. The first-order valence-corrected chi connectivity index (χ1v) is 6.13. The zero-order chi connectivity index (χ0) is 11.4. The molecule has 0 bridgehead atoms. The maximum absolute atomic E-state index is 8.84. The summed E-state index contributed by atoms with van der Waals surface area (Å²) in [6.45, 7) is 2.63. The molecule has 1 aromatic rings. The second kappa shape index (κ2) is 4.84. The van der Waals surface area contributed by atoms with E-state index in [2.05, 4.69) is 43.3 Å². The van der Waals surface area contributed by atoms with Crippen molar-refractivity contribution in [3.05, 3.63) is 42.0 Å². The highest BCUT2D eigenvalue weighted by atomic mass is 16.2. The fourth-order valence-corrected chi connectivity index (χ4v) is 2.12. The van der Waals surface area contributed by atoms with Crippen LogP contribution < -0.4 is 0 Å². The molecule has 0 aliphatic heterocycles. The predicted molar refractivity (Wildman–Crippen MR) is 68.1 cm³/mol. The highest BCUT2D eigenvalue weighted by Crippen LogP contribution is 2.55. The lowest BCUT2D eigenvalue weighted by Crippen LogP contribution is -1.98. The van der Waals surface area contributed by atoms with Crippen LogP contribution in [0.2, 0.25) is 0 Å². The van der Waals surface area contributed by atoms with Gasteiger partial charge in [-0.3, -0.25) is 0 Å². The molecule has 1 nitrogen and oxygen atoms in total. The summed E-state index contributed by atoms with van der Waals surface area (Å²) in [7, 11) is 0. The van der Waals surface area contributed by atoms with Crippen LogP contribution in [0.25, 0.3) is 5.57 Å². The lowest BCUT2D eigenvalue weighted by Gasteiger charge is -2.15. The molecule has 86 valence electrons. The van der Waals surface area contributed by atoms with Crippen molar-refractivity contribution >= 4 is 5.57 Å². The van der Waals surface area contributed by atoms with E-state index in [4.69, 9.17) is 5.11 Å². The average molecular weight is 216 g/mol. The first-order chi connectivity index (χ1) is 7.76. The molecule has 1 N–H and O–H groups in total. The van der Waals surface area contributed by atoms with Gasteiger partial charge in [-0.2, -0.15) is 0 Å². The summed E-state index contributed by atoms with van der Waals surface area (Å²) in [6, 6.07) is 10.6. The van der Waals surface area contributed by atoms with E-state index in [0.29, 0.717) is 5.41 Å². The van der Waals surface area contributed by atoms with Crippen LogP contribution in [0.3, 0.4) is 0 Å². The second-order valence-corrected chi connectivity index (χ2v) is 4.91. The summed E-state index contributed by atoms with van der Waals surface area (Å²) in [5.41, 5.74) is 3.22. The minimum absolute atomic E-state index is 0.287. The first-order valence-electron chi connectivity index (χ1n) is 6.13. The SMILES string of the molecule is CC1(/C(=C\CCCO)c2ccccc2)CC1. The third-order valence-corrected chi connectivity index (χ3v) is 3.45. The summed E-state index contributed by atoms with van der Waals surface area (Å²) < 4.78 is 0. The molecule has 1 aliphatic carbocycles. The molecule has 1 aliphatic rings. The number of hydrogen-bond acceptors (Lipinski definition) is 1. The quantitative estimate of drug-likeness (QED) is 0.745. The van der Waals surface area contributed by atoms with Crippen LogP contribution in [0.1, 0.15) is 38.2 Å². The monoisotopic (exact) mass is 216 g/mol. The number of aliphatic hydroxyl groups is 1. The summed E-state index contributed by atoms with van der Waals surface area (Å²) in [6.07, 6.45) is 6.76. The van der Waals surface area contributed by atoms with E-state index in [9.17, 15) is 0 Å². The van der Waals surface area contributed by atoms with Crippen LogP contribution in [0.4, 0.5) is 0 Å². The van der Waals surface area contributed by atoms with E-state index in [0.717, 1.165) is 12.8 Å². The molecule has 16 heavy (non-hydrogen) atoms. The molecular weight excluding hydrogens is 196 g/mol. The zero-order valence-electron chi connectivity index (χ0n) is 9.95. The molecule has 2 rings (SSSR count). The largest absolute Gasteiger partial charge is 0.396 e. The van der Waals surface area contributed by atoms with Gasteiger partial charge in [0.15, 0.2) is 0 Å². The van der Waals surface area contributed by atoms with Crippen molar-refractivity contribution in [3.63, 3.8) is 0 Å². The van der Waals surface area contributed by atoms with Crippen molar-refractivity contribution in [1.29, 1.82) is 0 Å². The summed E-state index contributed by atoms with van der Waals surface area (Å²) in [5.74, 6) is 0. The summed E-state index contributed by atoms with van der Waals surface area (Å²) in [5, 5.41) is 8.84. The Hall–Kier alpha value is -1.08. The van der Waals surface area contributed by atoms with Crippen molar-refractivity contribution in [2.24, 2.45) is 5.41 Å². The van der Waals surface area contributed by atoms with Crippen molar-refractivity contribution < 1.29 is 5.11 Å². The van der Waals surface area contributed by atoms with Gasteiger partial charge in [0.05, 0.1) is 0 Å². The van der Waals surface area contributed by atoms with Gasteiger partial charge >= 0.3 is 0 Å². The number of benzene rings is 1. The Labute approximate surface area is 97.8 Å². The number of hydrogen-bond donors (Lipinski definition) is 1. The number of rotatable bonds is 5. The van der Waals surface area contributed by atoms with Crippen LogP contribution in [0, 0.1) is 5.41 Å². The van der Waals surface area contributed by atoms with Gasteiger partial charge in [0.2, 0.25) is 0 Å². The highest BCUT2D eigenvalue weighted by Gasteiger charge is 2.40. The third kappa shape index (κ3) is 2.53. The van der Waals surface area contributed by atoms with Crippen LogP contribution in [0.15, 0.2) is 36.4 Å². The van der Waals surface area contributed by atoms with Gasteiger partial charge in [0.1, 0.15) is 0 Å². The molecule has 0 saturated heterocycles. The molecule has 0 amide bonds. The van der Waals surface area contributed by atoms with Crippen LogP contribution in [0.5, 0.6) is 0 Å². The van der Waals surface area contributed by atoms with E-state index in [-0.39, 0.29) is 6.61 Å². The molecular formula is C15H20O. The number of allylic oxidation sites excluding steroid dienone is 2. The normalized spacial score (nSPS) is 18.5. The Bertz CT molecular complexity index is 360. The van der Waals surface area contributed by atoms with E-state index in [1.807, 2.05) is 0 Å². The third-order valence-electron chi connectivity index (χ3n) is 3.45. The minimum atomic E-state index is 0.287. The van der Waals surface area contributed by atoms with Crippen molar-refractivity contribution in [3.8, 4) is 0 Å². The highest BCUT2D eigenvalue weighted by molar-refractivity contribution is 5.72. The standard InChI is InChI=1S/C15H20O/c1-15(10-11-15)14(9-5-6-12-16)13-7-3-2-4-8-13/h2-4,7-9,16H,5-6,10-12H2,1H3/b14-9-. The maximum atomic E-state index is 8.84. The van der Waals surface area contributed by atoms with E-state index in [1.54, 1.807) is 0 Å². The van der Waals surface area contributed by atoms with E-state index >= 15 is 0 Å². The number of aliphatic hydroxyl groups excluding tert-OH is 1. The van der Waals surface area contributed by atoms with Gasteiger partial charge < -0.3 is 5.11 Å². The molecule has 1 saturated carbocycles. The van der Waals surface area contributed by atoms with Crippen molar-refractivity contribution in [1.82, 2.24) is 0 Å². The van der Waals surface area contributed by atoms with Gasteiger partial charge in [-0.05, 0) is 42.2 Å². The molecule has 0 spiro atoms. The Morgan fingerprint density at radius 1 is 1.31 bits per heavy atom. The van der Waals surface area contributed by atoms with Gasteiger partial charge in [0.25, 0.3) is 0 Å². The van der Waals surface area contributed by atoms with Gasteiger partial charge in [-0.25, -0.2) is 0 Å². The number of unbranched alkanes of at least 4 members (excludes halogenated alkanes) is 1. The Morgan fingerprint density at radius 2 is 2.00 bits per heavy atom. The predicted octanol–water partition coefficient (Wildman–Crippen LogP) is 3.64. The molecule has 1 fully saturated rings. The fraction of sp³-hybridized carbons (Fsp3) is 0.467. The van der Waals surface area contributed by atoms with Crippen LogP contribution >= 0.6 is 0 Å². The fourth-order valence-electron chi connectivity index (χ4n) is 2.12. The Morgan fingerprint density at radius 3 is 2.56 bits per heavy atom. The topological polar surface area (TPSA) is 20.2 Å². The second-order valence-electron chi connectivity index (χ2n) is 4.91. The molecule has 0 aromatic heterocycles.